The lowest BCUT2D eigenvalue weighted by atomic mass is 9.80. The molecule has 0 unspecified atom stereocenters. The van der Waals surface area contributed by atoms with Crippen LogP contribution in [0.2, 0.25) is 0 Å². The fourth-order valence-corrected chi connectivity index (χ4v) is 5.13. The molecule has 1 fully saturated rings. The summed E-state index contributed by atoms with van der Waals surface area (Å²) in [6, 6.07) is 8.92. The molecule has 0 bridgehead atoms. The van der Waals surface area contributed by atoms with Gasteiger partial charge in [0.2, 0.25) is 5.95 Å². The Morgan fingerprint density at radius 2 is 2.03 bits per heavy atom. The number of carbonyl (C=O) groups is 1. The summed E-state index contributed by atoms with van der Waals surface area (Å²) in [6.45, 7) is 3.71. The van der Waals surface area contributed by atoms with Gasteiger partial charge in [-0.05, 0) is 63.3 Å². The summed E-state index contributed by atoms with van der Waals surface area (Å²) in [5.74, 6) is -1.08. The minimum absolute atomic E-state index is 0.0367. The Hall–Kier alpha value is -4.22. The first-order chi connectivity index (χ1) is 18.4. The molecule has 0 spiro atoms. The van der Waals surface area contributed by atoms with E-state index < -0.39 is 29.0 Å². The molecule has 5 rings (SSSR count). The lowest BCUT2D eigenvalue weighted by Crippen LogP contribution is -2.51. The summed E-state index contributed by atoms with van der Waals surface area (Å²) in [4.78, 5) is 21.0. The molecule has 2 atom stereocenters. The zero-order valence-electron chi connectivity index (χ0n) is 21.3. The van der Waals surface area contributed by atoms with Gasteiger partial charge in [-0.1, -0.05) is 18.2 Å². The zero-order valence-corrected chi connectivity index (χ0v) is 21.3. The highest BCUT2D eigenvalue weighted by molar-refractivity contribution is 5.95. The van der Waals surface area contributed by atoms with E-state index in [9.17, 15) is 22.4 Å². The van der Waals surface area contributed by atoms with Crippen LogP contribution in [0.3, 0.4) is 0 Å². The molecule has 0 saturated heterocycles. The average molecular weight is 542 g/mol. The number of H-pyrrole nitrogens is 1. The molecule has 204 valence electrons. The van der Waals surface area contributed by atoms with Gasteiger partial charge in [0.1, 0.15) is 17.1 Å². The minimum Gasteiger partial charge on any atom is -0.396 e. The van der Waals surface area contributed by atoms with E-state index in [0.717, 1.165) is 24.2 Å². The third-order valence-electron chi connectivity index (χ3n) is 7.11. The number of hydrogen-bond acceptors (Lipinski definition) is 6. The summed E-state index contributed by atoms with van der Waals surface area (Å²) < 4.78 is 55.6. The molecule has 39 heavy (non-hydrogen) atoms. The van der Waals surface area contributed by atoms with Crippen molar-refractivity contribution in [3.8, 4) is 11.4 Å². The van der Waals surface area contributed by atoms with Crippen LogP contribution in [0.15, 0.2) is 42.6 Å². The predicted octanol–water partition coefficient (Wildman–Crippen LogP) is 5.61. The first-order valence-corrected chi connectivity index (χ1v) is 12.5. The number of nitrogen functional groups attached to an aromatic ring is 1. The number of alkyl halides is 3. The van der Waals surface area contributed by atoms with Gasteiger partial charge in [-0.2, -0.15) is 18.3 Å². The molecule has 1 amide bonds. The summed E-state index contributed by atoms with van der Waals surface area (Å²) in [5, 5.41) is 13.6. The molecule has 1 aliphatic carbocycles. The van der Waals surface area contributed by atoms with E-state index >= 15 is 0 Å². The number of nitrogens with zero attached hydrogens (tertiary/aromatic N) is 3. The van der Waals surface area contributed by atoms with Crippen LogP contribution in [0, 0.1) is 12.7 Å². The van der Waals surface area contributed by atoms with Crippen LogP contribution < -0.4 is 16.4 Å². The van der Waals surface area contributed by atoms with Crippen LogP contribution in [-0.4, -0.2) is 37.7 Å². The molecule has 1 saturated carbocycles. The Morgan fingerprint density at radius 3 is 2.77 bits per heavy atom. The van der Waals surface area contributed by atoms with Gasteiger partial charge in [0.25, 0.3) is 5.91 Å². The largest absolute Gasteiger partial charge is 0.420 e. The number of hydrogen-bond donors (Lipinski definition) is 4. The van der Waals surface area contributed by atoms with Crippen molar-refractivity contribution in [2.45, 2.75) is 57.3 Å². The van der Waals surface area contributed by atoms with Gasteiger partial charge in [-0.25, -0.2) is 14.4 Å². The van der Waals surface area contributed by atoms with E-state index in [0.29, 0.717) is 30.2 Å². The fourth-order valence-electron chi connectivity index (χ4n) is 5.13. The SMILES string of the molecule is Cc1cccc2c(-c3nc(N[C@@H]4CCC[C@](C)(NC(=O)c5ccc(N)c(F)c5)C4)ncc3C(F)(F)F)[nH]nc12. The summed E-state index contributed by atoms with van der Waals surface area (Å²) in [7, 11) is 0. The third kappa shape index (κ3) is 5.36. The molecule has 8 nitrogen and oxygen atoms in total. The number of aromatic amines is 1. The monoisotopic (exact) mass is 541 g/mol. The van der Waals surface area contributed by atoms with Gasteiger partial charge in [0, 0.05) is 28.7 Å². The van der Waals surface area contributed by atoms with Crippen molar-refractivity contribution in [3.05, 3.63) is 65.1 Å². The number of carbonyl (C=O) groups excluding carboxylic acids is 1. The lowest BCUT2D eigenvalue weighted by molar-refractivity contribution is -0.137. The predicted molar refractivity (Wildman–Crippen MR) is 139 cm³/mol. The Balaban J connectivity index is 1.39. The van der Waals surface area contributed by atoms with Gasteiger partial charge < -0.3 is 16.4 Å². The molecular weight excluding hydrogens is 514 g/mol. The molecule has 1 aliphatic rings. The second kappa shape index (κ2) is 9.83. The number of halogens is 4. The van der Waals surface area contributed by atoms with Crippen LogP contribution in [0.1, 0.15) is 54.1 Å². The van der Waals surface area contributed by atoms with E-state index in [2.05, 4.69) is 30.8 Å². The maximum atomic E-state index is 13.9. The van der Waals surface area contributed by atoms with Crippen LogP contribution in [-0.2, 0) is 6.18 Å². The Kier molecular flexibility index (Phi) is 6.65. The number of nitrogens with one attached hydrogen (secondary N) is 3. The standard InChI is InChI=1S/C27H27F4N7O/c1-14-5-3-7-17-21(14)37-38-22(17)23-18(27(29,30)31)13-33-25(35-23)34-16-6-4-10-26(2,12-16)36-24(39)15-8-9-20(32)19(28)11-15/h3,5,7-9,11,13,16H,4,6,10,12,32H2,1-2H3,(H,36,39)(H,37,38)(H,33,34,35)/t16-,26+/m1/s1. The normalized spacial score (nSPS) is 19.7. The number of fused-ring (bicyclic) bond motifs is 1. The number of aromatic nitrogens is 4. The van der Waals surface area contributed by atoms with Gasteiger partial charge in [0.15, 0.2) is 0 Å². The number of anilines is 2. The first-order valence-electron chi connectivity index (χ1n) is 12.5. The highest BCUT2D eigenvalue weighted by Gasteiger charge is 2.38. The molecule has 4 aromatic rings. The number of benzene rings is 2. The van der Waals surface area contributed by atoms with Crippen molar-refractivity contribution < 1.29 is 22.4 Å². The number of nitrogens with two attached hydrogens (primary N) is 1. The van der Waals surface area contributed by atoms with Crippen LogP contribution in [0.4, 0.5) is 29.2 Å². The average Bonchev–Trinajstić information content (AvgIpc) is 3.30. The van der Waals surface area contributed by atoms with Gasteiger partial charge in [0.05, 0.1) is 16.9 Å². The van der Waals surface area contributed by atoms with Gasteiger partial charge in [-0.3, -0.25) is 9.89 Å². The van der Waals surface area contributed by atoms with Gasteiger partial charge >= 0.3 is 6.18 Å². The maximum Gasteiger partial charge on any atom is 0.420 e. The van der Waals surface area contributed by atoms with Crippen LogP contribution in [0.5, 0.6) is 0 Å². The molecule has 12 heteroatoms. The van der Waals surface area contributed by atoms with Crippen molar-refractivity contribution in [2.75, 3.05) is 11.1 Å². The maximum absolute atomic E-state index is 13.9. The van der Waals surface area contributed by atoms with Crippen LogP contribution >= 0.6 is 0 Å². The summed E-state index contributed by atoms with van der Waals surface area (Å²) in [6.07, 6.45) is -1.33. The summed E-state index contributed by atoms with van der Waals surface area (Å²) in [5.41, 5.74) is 5.23. The first kappa shape index (κ1) is 26.4. The second-order valence-corrected chi connectivity index (χ2v) is 10.2. The number of rotatable bonds is 5. The van der Waals surface area contributed by atoms with Crippen molar-refractivity contribution in [1.82, 2.24) is 25.5 Å². The molecule has 0 aliphatic heterocycles. The van der Waals surface area contributed by atoms with Crippen molar-refractivity contribution >= 4 is 28.4 Å². The van der Waals surface area contributed by atoms with Crippen molar-refractivity contribution in [3.63, 3.8) is 0 Å². The molecule has 2 aromatic carbocycles. The fraction of sp³-hybridized carbons (Fsp3) is 0.333. The molecule has 5 N–H and O–H groups in total. The Morgan fingerprint density at radius 1 is 1.23 bits per heavy atom. The Labute approximate surface area is 221 Å². The smallest absolute Gasteiger partial charge is 0.396 e. The second-order valence-electron chi connectivity index (χ2n) is 10.2. The van der Waals surface area contributed by atoms with Crippen LogP contribution in [0.25, 0.3) is 22.3 Å². The number of amides is 1. The van der Waals surface area contributed by atoms with E-state index in [4.69, 9.17) is 5.73 Å². The molecule has 2 aromatic heterocycles. The third-order valence-corrected chi connectivity index (χ3v) is 7.11. The lowest BCUT2D eigenvalue weighted by Gasteiger charge is -2.39. The summed E-state index contributed by atoms with van der Waals surface area (Å²) >= 11 is 0. The molecule has 0 radical (unpaired) electrons. The quantitative estimate of drug-likeness (QED) is 0.192. The molecule has 2 heterocycles. The minimum atomic E-state index is -4.68. The van der Waals surface area contributed by atoms with E-state index in [1.165, 1.54) is 12.1 Å². The topological polar surface area (TPSA) is 122 Å². The highest BCUT2D eigenvalue weighted by Crippen LogP contribution is 2.38. The number of para-hydroxylation sites is 1. The molecular formula is C27H27F4N7O. The van der Waals surface area contributed by atoms with Crippen molar-refractivity contribution in [1.29, 1.82) is 0 Å². The van der Waals surface area contributed by atoms with Crippen molar-refractivity contribution in [2.24, 2.45) is 0 Å². The van der Waals surface area contributed by atoms with Gasteiger partial charge in [-0.15, -0.1) is 0 Å². The van der Waals surface area contributed by atoms with E-state index in [1.54, 1.807) is 12.1 Å². The van der Waals surface area contributed by atoms with E-state index in [1.807, 2.05) is 19.9 Å². The highest BCUT2D eigenvalue weighted by atomic mass is 19.4. The zero-order chi connectivity index (χ0) is 27.9. The number of aryl methyl sites for hydroxylation is 1. The van der Waals surface area contributed by atoms with E-state index in [-0.39, 0.29) is 34.6 Å². The Bertz CT molecular complexity index is 1550.